The van der Waals surface area contributed by atoms with E-state index < -0.39 is 22.8 Å². The predicted octanol–water partition coefficient (Wildman–Crippen LogP) is 1.37. The number of guanidine groups is 1. The Morgan fingerprint density at radius 2 is 1.74 bits per heavy atom. The van der Waals surface area contributed by atoms with Gasteiger partial charge in [-0.3, -0.25) is 4.99 Å². The van der Waals surface area contributed by atoms with Crippen molar-refractivity contribution in [3.8, 4) is 0 Å². The molecule has 27 heavy (non-hydrogen) atoms. The first-order valence-electron chi connectivity index (χ1n) is 8.20. The summed E-state index contributed by atoms with van der Waals surface area (Å²) in [5, 5.41) is 6.15. The van der Waals surface area contributed by atoms with Gasteiger partial charge in [-0.25, -0.2) is 13.1 Å². The molecule has 0 aliphatic carbocycles. The lowest BCUT2D eigenvalue weighted by atomic mass is 10.1. The van der Waals surface area contributed by atoms with Gasteiger partial charge in [-0.15, -0.1) is 0 Å². The number of rotatable bonds is 10. The van der Waals surface area contributed by atoms with Gasteiger partial charge in [0.05, 0.1) is 12.9 Å². The zero-order valence-corrected chi connectivity index (χ0v) is 16.1. The van der Waals surface area contributed by atoms with E-state index in [0.29, 0.717) is 37.6 Å². The van der Waals surface area contributed by atoms with E-state index in [0.717, 1.165) is 11.8 Å². The zero-order chi connectivity index (χ0) is 20.3. The van der Waals surface area contributed by atoms with Crippen LogP contribution in [-0.2, 0) is 27.9 Å². The average molecular weight is 410 g/mol. The second-order valence-corrected chi connectivity index (χ2v) is 7.63. The zero-order valence-electron chi connectivity index (χ0n) is 15.3. The van der Waals surface area contributed by atoms with Crippen molar-refractivity contribution in [1.29, 1.82) is 0 Å². The topological polar surface area (TPSA) is 91.8 Å². The van der Waals surface area contributed by atoms with Crippen molar-refractivity contribution >= 4 is 16.0 Å². The molecule has 1 aromatic carbocycles. The standard InChI is InChI=1S/C16H25F3N4O3S/c1-20-15(21-8-3-9-23-27(2,24)25)22-10-13-4-6-14(7-5-13)11-26-12-16(17,18)19/h4-7,23H,3,8-12H2,1-2H3,(H2,20,21,22). The summed E-state index contributed by atoms with van der Waals surface area (Å²) in [4.78, 5) is 4.06. The molecule has 0 heterocycles. The highest BCUT2D eigenvalue weighted by atomic mass is 32.2. The normalized spacial score (nSPS) is 12.9. The van der Waals surface area contributed by atoms with Crippen LogP contribution in [0, 0.1) is 0 Å². The summed E-state index contributed by atoms with van der Waals surface area (Å²) in [5.74, 6) is 0.562. The molecule has 0 saturated carbocycles. The van der Waals surface area contributed by atoms with Crippen molar-refractivity contribution in [3.05, 3.63) is 35.4 Å². The Morgan fingerprint density at radius 3 is 2.30 bits per heavy atom. The minimum Gasteiger partial charge on any atom is -0.367 e. The molecule has 0 aliphatic heterocycles. The summed E-state index contributed by atoms with van der Waals surface area (Å²) in [6.07, 6.45) is -2.62. The minimum atomic E-state index is -4.33. The van der Waals surface area contributed by atoms with Crippen molar-refractivity contribution in [2.45, 2.75) is 25.7 Å². The van der Waals surface area contributed by atoms with Crippen LogP contribution in [0.15, 0.2) is 29.3 Å². The van der Waals surface area contributed by atoms with Crippen molar-refractivity contribution < 1.29 is 26.3 Å². The summed E-state index contributed by atoms with van der Waals surface area (Å²) < 4.78 is 65.0. The Bertz CT molecular complexity index is 692. The maximum absolute atomic E-state index is 12.0. The Labute approximate surface area is 157 Å². The number of alkyl halides is 3. The van der Waals surface area contributed by atoms with Gasteiger partial charge >= 0.3 is 6.18 Å². The van der Waals surface area contributed by atoms with Crippen LogP contribution >= 0.6 is 0 Å². The van der Waals surface area contributed by atoms with Gasteiger partial charge in [-0.1, -0.05) is 24.3 Å². The van der Waals surface area contributed by atoms with Gasteiger partial charge in [-0.05, 0) is 17.5 Å². The third kappa shape index (κ3) is 12.2. The molecule has 3 N–H and O–H groups in total. The van der Waals surface area contributed by atoms with Crippen LogP contribution in [0.2, 0.25) is 0 Å². The smallest absolute Gasteiger partial charge is 0.367 e. The molecule has 1 rings (SSSR count). The highest BCUT2D eigenvalue weighted by molar-refractivity contribution is 7.88. The maximum atomic E-state index is 12.0. The second kappa shape index (κ2) is 11.1. The first-order valence-corrected chi connectivity index (χ1v) is 10.1. The second-order valence-electron chi connectivity index (χ2n) is 5.80. The van der Waals surface area contributed by atoms with E-state index in [9.17, 15) is 21.6 Å². The molecule has 0 spiro atoms. The molecule has 0 aliphatic rings. The average Bonchev–Trinajstić information content (AvgIpc) is 2.56. The summed E-state index contributed by atoms with van der Waals surface area (Å²) in [5.41, 5.74) is 1.58. The number of hydrogen-bond donors (Lipinski definition) is 3. The van der Waals surface area contributed by atoms with Gasteiger partial charge in [0.2, 0.25) is 10.0 Å². The quantitative estimate of drug-likeness (QED) is 0.308. The fourth-order valence-corrected chi connectivity index (χ4v) is 2.51. The van der Waals surface area contributed by atoms with Crippen LogP contribution in [0.3, 0.4) is 0 Å². The SMILES string of the molecule is CN=C(NCCCNS(C)(=O)=O)NCc1ccc(COCC(F)(F)F)cc1. The summed E-state index contributed by atoms with van der Waals surface area (Å²) >= 11 is 0. The molecule has 0 saturated heterocycles. The van der Waals surface area contributed by atoms with Crippen LogP contribution in [0.25, 0.3) is 0 Å². The fourth-order valence-electron chi connectivity index (χ4n) is 2.00. The van der Waals surface area contributed by atoms with Crippen LogP contribution in [0.4, 0.5) is 13.2 Å². The largest absolute Gasteiger partial charge is 0.411 e. The number of aliphatic imine (C=N–C) groups is 1. The number of halogens is 3. The number of nitrogens with one attached hydrogen (secondary N) is 3. The number of sulfonamides is 1. The number of benzene rings is 1. The van der Waals surface area contributed by atoms with Gasteiger partial charge in [0.15, 0.2) is 5.96 Å². The lowest BCUT2D eigenvalue weighted by Gasteiger charge is -2.12. The first kappa shape index (κ1) is 23.2. The molecule has 0 amide bonds. The van der Waals surface area contributed by atoms with E-state index in [4.69, 9.17) is 0 Å². The molecule has 7 nitrogen and oxygen atoms in total. The fraction of sp³-hybridized carbons (Fsp3) is 0.562. The van der Waals surface area contributed by atoms with E-state index in [-0.39, 0.29) is 6.61 Å². The van der Waals surface area contributed by atoms with Crippen LogP contribution in [0.5, 0.6) is 0 Å². The number of ether oxygens (including phenoxy) is 1. The molecule has 0 radical (unpaired) electrons. The summed E-state index contributed by atoms with van der Waals surface area (Å²) in [6.45, 7) is -0.0146. The van der Waals surface area contributed by atoms with E-state index in [1.807, 2.05) is 0 Å². The van der Waals surface area contributed by atoms with Crippen molar-refractivity contribution in [3.63, 3.8) is 0 Å². The van der Waals surface area contributed by atoms with Crippen LogP contribution in [0.1, 0.15) is 17.5 Å². The molecule has 0 atom stereocenters. The highest BCUT2D eigenvalue weighted by Gasteiger charge is 2.27. The maximum Gasteiger partial charge on any atom is 0.411 e. The molecular formula is C16H25F3N4O3S. The first-order chi connectivity index (χ1) is 12.6. The van der Waals surface area contributed by atoms with Crippen LogP contribution < -0.4 is 15.4 Å². The minimum absolute atomic E-state index is 0.0992. The lowest BCUT2D eigenvalue weighted by Crippen LogP contribution is -2.38. The molecule has 0 unspecified atom stereocenters. The number of hydrogen-bond acceptors (Lipinski definition) is 4. The molecule has 0 bridgehead atoms. The van der Waals surface area contributed by atoms with E-state index in [1.54, 1.807) is 31.3 Å². The molecular weight excluding hydrogens is 385 g/mol. The van der Waals surface area contributed by atoms with Gasteiger partial charge in [-0.2, -0.15) is 13.2 Å². The molecule has 154 valence electrons. The Hall–Kier alpha value is -1.85. The molecule has 0 aromatic heterocycles. The highest BCUT2D eigenvalue weighted by Crippen LogP contribution is 2.15. The van der Waals surface area contributed by atoms with Crippen molar-refractivity contribution in [2.24, 2.45) is 4.99 Å². The molecule has 0 fully saturated rings. The van der Waals surface area contributed by atoms with Gasteiger partial charge in [0, 0.05) is 26.7 Å². The van der Waals surface area contributed by atoms with Gasteiger partial charge in [0.25, 0.3) is 0 Å². The third-order valence-electron chi connectivity index (χ3n) is 3.25. The predicted molar refractivity (Wildman–Crippen MR) is 97.8 cm³/mol. The monoisotopic (exact) mass is 410 g/mol. The van der Waals surface area contributed by atoms with Crippen molar-refractivity contribution in [1.82, 2.24) is 15.4 Å². The molecule has 1 aromatic rings. The Kier molecular flexibility index (Phi) is 9.53. The Morgan fingerprint density at radius 1 is 1.11 bits per heavy atom. The summed E-state index contributed by atoms with van der Waals surface area (Å²) in [7, 11) is -1.57. The van der Waals surface area contributed by atoms with Gasteiger partial charge in [0.1, 0.15) is 6.61 Å². The third-order valence-corrected chi connectivity index (χ3v) is 3.98. The lowest BCUT2D eigenvalue weighted by molar-refractivity contribution is -0.176. The number of nitrogens with zero attached hydrogens (tertiary/aromatic N) is 1. The van der Waals surface area contributed by atoms with Crippen LogP contribution in [-0.4, -0.2) is 53.6 Å². The molecule has 11 heteroatoms. The van der Waals surface area contributed by atoms with E-state index in [1.165, 1.54) is 0 Å². The van der Waals surface area contributed by atoms with Crippen molar-refractivity contribution in [2.75, 3.05) is 33.0 Å². The van der Waals surface area contributed by atoms with E-state index >= 15 is 0 Å². The van der Waals surface area contributed by atoms with Gasteiger partial charge < -0.3 is 15.4 Å². The van der Waals surface area contributed by atoms with E-state index in [2.05, 4.69) is 25.1 Å². The summed E-state index contributed by atoms with van der Waals surface area (Å²) in [6, 6.07) is 7.01. The Balaban J connectivity index is 2.30.